The van der Waals surface area contributed by atoms with Gasteiger partial charge in [-0.25, -0.2) is 18.1 Å². The summed E-state index contributed by atoms with van der Waals surface area (Å²) in [4.78, 5) is 3.88. The zero-order valence-electron chi connectivity index (χ0n) is 10.9. The lowest BCUT2D eigenvalue weighted by molar-refractivity contribution is 0.423. The quantitative estimate of drug-likeness (QED) is 0.882. The van der Waals surface area contributed by atoms with E-state index in [1.165, 1.54) is 6.20 Å². The predicted molar refractivity (Wildman–Crippen MR) is 78.5 cm³/mol. The third-order valence-electron chi connectivity index (χ3n) is 3.37. The lowest BCUT2D eigenvalue weighted by Gasteiger charge is -2.30. The smallest absolute Gasteiger partial charge is 0.260 e. The maximum atomic E-state index is 12.3. The summed E-state index contributed by atoms with van der Waals surface area (Å²) in [5.41, 5.74) is 5.88. The third kappa shape index (κ3) is 3.40. The third-order valence-corrected chi connectivity index (χ3v) is 6.00. The molecule has 5 nitrogen and oxygen atoms in total. The molecule has 1 saturated carbocycles. The first-order valence-corrected chi connectivity index (χ1v) is 9.07. The largest absolute Gasteiger partial charge is 0.396 e. The van der Waals surface area contributed by atoms with Crippen LogP contribution in [0.2, 0.25) is 0 Å². The van der Waals surface area contributed by atoms with E-state index >= 15 is 0 Å². The number of nitrogens with zero attached hydrogens (tertiary/aromatic N) is 1. The maximum absolute atomic E-state index is 12.3. The summed E-state index contributed by atoms with van der Waals surface area (Å²) in [5.74, 6) is 0. The van der Waals surface area contributed by atoms with Gasteiger partial charge < -0.3 is 5.73 Å². The Morgan fingerprint density at radius 1 is 1.42 bits per heavy atom. The molecule has 2 rings (SSSR count). The molecule has 0 bridgehead atoms. The number of hydrogen-bond acceptors (Lipinski definition) is 5. The van der Waals surface area contributed by atoms with Crippen LogP contribution in [-0.4, -0.2) is 30.9 Å². The van der Waals surface area contributed by atoms with Crippen molar-refractivity contribution in [1.29, 1.82) is 0 Å². The summed E-state index contributed by atoms with van der Waals surface area (Å²) in [6, 6.07) is 3.14. The highest BCUT2D eigenvalue weighted by molar-refractivity contribution is 7.99. The van der Waals surface area contributed by atoms with Gasteiger partial charge in [-0.05, 0) is 31.2 Å². The SMILES string of the molecule is CSC1CCCCC1NS(=O)(=O)c1ncccc1N. The monoisotopic (exact) mass is 301 g/mol. The molecule has 0 spiro atoms. The normalized spacial score (nSPS) is 24.3. The minimum Gasteiger partial charge on any atom is -0.396 e. The van der Waals surface area contributed by atoms with Crippen LogP contribution in [0.3, 0.4) is 0 Å². The van der Waals surface area contributed by atoms with Gasteiger partial charge in [0.05, 0.1) is 5.69 Å². The van der Waals surface area contributed by atoms with Crippen molar-refractivity contribution in [2.24, 2.45) is 0 Å². The van der Waals surface area contributed by atoms with E-state index in [1.54, 1.807) is 23.9 Å². The number of nitrogen functional groups attached to an aromatic ring is 1. The van der Waals surface area contributed by atoms with E-state index in [9.17, 15) is 8.42 Å². The van der Waals surface area contributed by atoms with Gasteiger partial charge in [0.15, 0.2) is 5.03 Å². The maximum Gasteiger partial charge on any atom is 0.260 e. The molecule has 0 saturated heterocycles. The molecule has 0 aliphatic heterocycles. The second kappa shape index (κ2) is 6.11. The van der Waals surface area contributed by atoms with Crippen LogP contribution in [-0.2, 0) is 10.0 Å². The first-order valence-electron chi connectivity index (χ1n) is 6.30. The van der Waals surface area contributed by atoms with Gasteiger partial charge in [0.25, 0.3) is 10.0 Å². The fourth-order valence-electron chi connectivity index (χ4n) is 2.40. The van der Waals surface area contributed by atoms with Crippen LogP contribution in [0.1, 0.15) is 25.7 Å². The average molecular weight is 301 g/mol. The molecule has 7 heteroatoms. The van der Waals surface area contributed by atoms with Gasteiger partial charge >= 0.3 is 0 Å². The first-order chi connectivity index (χ1) is 9.04. The standard InChI is InChI=1S/C12H19N3O2S2/c1-18-11-7-3-2-6-10(11)15-19(16,17)12-9(13)5-4-8-14-12/h4-5,8,10-11,15H,2-3,6-7,13H2,1H3. The van der Waals surface area contributed by atoms with Gasteiger partial charge in [0, 0.05) is 17.5 Å². The molecule has 106 valence electrons. The number of anilines is 1. The summed E-state index contributed by atoms with van der Waals surface area (Å²) < 4.78 is 27.4. The molecule has 2 unspecified atom stereocenters. The van der Waals surface area contributed by atoms with E-state index in [0.29, 0.717) is 5.25 Å². The van der Waals surface area contributed by atoms with E-state index in [2.05, 4.69) is 9.71 Å². The van der Waals surface area contributed by atoms with E-state index in [-0.39, 0.29) is 16.8 Å². The zero-order valence-corrected chi connectivity index (χ0v) is 12.5. The number of pyridine rings is 1. The van der Waals surface area contributed by atoms with Crippen LogP contribution in [0.5, 0.6) is 0 Å². The minimum absolute atomic E-state index is 0.0323. The van der Waals surface area contributed by atoms with Crippen molar-refractivity contribution in [2.75, 3.05) is 12.0 Å². The van der Waals surface area contributed by atoms with Crippen LogP contribution in [0.15, 0.2) is 23.4 Å². The highest BCUT2D eigenvalue weighted by Gasteiger charge is 2.30. The summed E-state index contributed by atoms with van der Waals surface area (Å²) in [5, 5.41) is 0.258. The summed E-state index contributed by atoms with van der Waals surface area (Å²) in [6.07, 6.45) is 7.60. The fraction of sp³-hybridized carbons (Fsp3) is 0.583. The van der Waals surface area contributed by atoms with Crippen molar-refractivity contribution in [3.63, 3.8) is 0 Å². The molecule has 0 radical (unpaired) electrons. The molecule has 0 aromatic carbocycles. The van der Waals surface area contributed by atoms with Crippen molar-refractivity contribution < 1.29 is 8.42 Å². The highest BCUT2D eigenvalue weighted by atomic mass is 32.2. The van der Waals surface area contributed by atoms with Gasteiger partial charge in [-0.2, -0.15) is 11.8 Å². The Bertz CT molecular complexity index is 534. The molecule has 3 N–H and O–H groups in total. The van der Waals surface area contributed by atoms with E-state index in [1.807, 2.05) is 6.26 Å². The van der Waals surface area contributed by atoms with Crippen LogP contribution in [0.4, 0.5) is 5.69 Å². The molecular formula is C12H19N3O2S2. The fourth-order valence-corrected chi connectivity index (χ4v) is 4.79. The van der Waals surface area contributed by atoms with E-state index < -0.39 is 10.0 Å². The predicted octanol–water partition coefficient (Wildman–Crippen LogP) is 1.62. The van der Waals surface area contributed by atoms with E-state index in [0.717, 1.165) is 25.7 Å². The lowest BCUT2D eigenvalue weighted by Crippen LogP contribution is -2.43. The van der Waals surface area contributed by atoms with Crippen LogP contribution < -0.4 is 10.5 Å². The van der Waals surface area contributed by atoms with Crippen molar-refractivity contribution >= 4 is 27.5 Å². The Labute approximate surface area is 118 Å². The zero-order chi connectivity index (χ0) is 13.9. The average Bonchev–Trinajstić information content (AvgIpc) is 2.39. The van der Waals surface area contributed by atoms with Crippen LogP contribution in [0.25, 0.3) is 0 Å². The van der Waals surface area contributed by atoms with Crippen molar-refractivity contribution in [3.8, 4) is 0 Å². The van der Waals surface area contributed by atoms with Gasteiger partial charge in [-0.3, -0.25) is 0 Å². The molecule has 1 aromatic rings. The summed E-state index contributed by atoms with van der Waals surface area (Å²) in [6.45, 7) is 0. The molecule has 1 aliphatic carbocycles. The molecule has 1 fully saturated rings. The number of sulfonamides is 1. The molecule has 1 heterocycles. The van der Waals surface area contributed by atoms with Gasteiger partial charge in [-0.1, -0.05) is 12.8 Å². The highest BCUT2D eigenvalue weighted by Crippen LogP contribution is 2.28. The minimum atomic E-state index is -3.63. The lowest BCUT2D eigenvalue weighted by atomic mass is 9.96. The Balaban J connectivity index is 2.19. The van der Waals surface area contributed by atoms with Crippen LogP contribution >= 0.6 is 11.8 Å². The Morgan fingerprint density at radius 3 is 2.84 bits per heavy atom. The number of rotatable bonds is 4. The van der Waals surface area contributed by atoms with Crippen molar-refractivity contribution in [1.82, 2.24) is 9.71 Å². The molecule has 19 heavy (non-hydrogen) atoms. The molecular weight excluding hydrogens is 282 g/mol. The number of nitrogens with one attached hydrogen (secondary N) is 1. The summed E-state index contributed by atoms with van der Waals surface area (Å²) >= 11 is 1.72. The second-order valence-electron chi connectivity index (χ2n) is 4.68. The molecule has 2 atom stereocenters. The molecule has 0 amide bonds. The molecule has 1 aromatic heterocycles. The number of aromatic nitrogens is 1. The van der Waals surface area contributed by atoms with Crippen molar-refractivity contribution in [3.05, 3.63) is 18.3 Å². The first kappa shape index (κ1) is 14.6. The Morgan fingerprint density at radius 2 is 2.16 bits per heavy atom. The molecule has 1 aliphatic rings. The number of hydrogen-bond donors (Lipinski definition) is 2. The van der Waals surface area contributed by atoms with Gasteiger partial charge in [-0.15, -0.1) is 0 Å². The van der Waals surface area contributed by atoms with Crippen LogP contribution in [0, 0.1) is 0 Å². The Hall–Kier alpha value is -0.790. The van der Waals surface area contributed by atoms with E-state index in [4.69, 9.17) is 5.73 Å². The number of nitrogens with two attached hydrogens (primary N) is 1. The number of thioether (sulfide) groups is 1. The van der Waals surface area contributed by atoms with Gasteiger partial charge in [0.2, 0.25) is 0 Å². The van der Waals surface area contributed by atoms with Crippen molar-refractivity contribution in [2.45, 2.75) is 42.0 Å². The Kier molecular flexibility index (Phi) is 4.70. The second-order valence-corrected chi connectivity index (χ2v) is 7.39. The van der Waals surface area contributed by atoms with Gasteiger partial charge in [0.1, 0.15) is 0 Å². The topological polar surface area (TPSA) is 85.1 Å². The summed E-state index contributed by atoms with van der Waals surface area (Å²) in [7, 11) is -3.63.